The van der Waals surface area contributed by atoms with E-state index in [9.17, 15) is 9.59 Å². The van der Waals surface area contributed by atoms with Gasteiger partial charge in [-0.1, -0.05) is 26.2 Å². The van der Waals surface area contributed by atoms with Gasteiger partial charge in [0, 0.05) is 6.92 Å². The van der Waals surface area contributed by atoms with E-state index >= 15 is 0 Å². The van der Waals surface area contributed by atoms with Gasteiger partial charge in [0.25, 0.3) is 0 Å². The highest BCUT2D eigenvalue weighted by atomic mass is 16.5. The average Bonchev–Trinajstić information content (AvgIpc) is 2.78. The van der Waals surface area contributed by atoms with Crippen molar-refractivity contribution in [2.75, 3.05) is 6.61 Å². The third-order valence-corrected chi connectivity index (χ3v) is 2.39. The van der Waals surface area contributed by atoms with E-state index in [1.54, 1.807) is 0 Å². The average molecular weight is 238 g/mol. The SMILES string of the molecule is CCCCCCOC(=O)c1ccc(C(C)=O)o1. The van der Waals surface area contributed by atoms with Crippen molar-refractivity contribution in [2.24, 2.45) is 0 Å². The Morgan fingerprint density at radius 2 is 1.88 bits per heavy atom. The van der Waals surface area contributed by atoms with Crippen molar-refractivity contribution >= 4 is 11.8 Å². The fourth-order valence-corrected chi connectivity index (χ4v) is 1.40. The molecule has 0 N–H and O–H groups in total. The largest absolute Gasteiger partial charge is 0.460 e. The summed E-state index contributed by atoms with van der Waals surface area (Å²) < 4.78 is 10.1. The Kier molecular flexibility index (Phi) is 5.46. The fraction of sp³-hybridized carbons (Fsp3) is 0.538. The summed E-state index contributed by atoms with van der Waals surface area (Å²) in [7, 11) is 0. The van der Waals surface area contributed by atoms with Crippen LogP contribution in [0.5, 0.6) is 0 Å². The number of rotatable bonds is 7. The number of hydrogen-bond acceptors (Lipinski definition) is 4. The molecule has 0 aliphatic rings. The Balaban J connectivity index is 2.34. The van der Waals surface area contributed by atoms with E-state index < -0.39 is 5.97 Å². The first kappa shape index (κ1) is 13.5. The minimum Gasteiger partial charge on any atom is -0.460 e. The van der Waals surface area contributed by atoms with Crippen LogP contribution in [0.3, 0.4) is 0 Å². The van der Waals surface area contributed by atoms with Gasteiger partial charge in [0.1, 0.15) is 0 Å². The molecule has 0 fully saturated rings. The lowest BCUT2D eigenvalue weighted by Crippen LogP contribution is -2.05. The predicted octanol–water partition coefficient (Wildman–Crippen LogP) is 3.22. The molecule has 0 aliphatic carbocycles. The smallest absolute Gasteiger partial charge is 0.374 e. The second-order valence-corrected chi connectivity index (χ2v) is 3.92. The summed E-state index contributed by atoms with van der Waals surface area (Å²) in [6.45, 7) is 3.91. The van der Waals surface area contributed by atoms with Crippen LogP contribution in [-0.4, -0.2) is 18.4 Å². The van der Waals surface area contributed by atoms with Crippen LogP contribution in [0.15, 0.2) is 16.5 Å². The summed E-state index contributed by atoms with van der Waals surface area (Å²) in [6.07, 6.45) is 4.21. The van der Waals surface area contributed by atoms with Gasteiger partial charge in [-0.25, -0.2) is 4.79 Å². The summed E-state index contributed by atoms with van der Waals surface area (Å²) in [5.74, 6) is -0.436. The van der Waals surface area contributed by atoms with E-state index in [-0.39, 0.29) is 17.3 Å². The fourth-order valence-electron chi connectivity index (χ4n) is 1.40. The van der Waals surface area contributed by atoms with Gasteiger partial charge in [-0.05, 0) is 18.6 Å². The van der Waals surface area contributed by atoms with Gasteiger partial charge in [-0.3, -0.25) is 4.79 Å². The Morgan fingerprint density at radius 1 is 1.18 bits per heavy atom. The zero-order chi connectivity index (χ0) is 12.7. The second-order valence-electron chi connectivity index (χ2n) is 3.92. The lowest BCUT2D eigenvalue weighted by Gasteiger charge is -2.01. The second kappa shape index (κ2) is 6.89. The van der Waals surface area contributed by atoms with Gasteiger partial charge in [0.2, 0.25) is 5.76 Å². The standard InChI is InChI=1S/C13H18O4/c1-3-4-5-6-9-16-13(15)12-8-7-11(17-12)10(2)14/h7-8H,3-6,9H2,1-2H3. The lowest BCUT2D eigenvalue weighted by molar-refractivity contribution is 0.0460. The summed E-state index contributed by atoms with van der Waals surface area (Å²) in [4.78, 5) is 22.5. The first-order chi connectivity index (χ1) is 8.15. The van der Waals surface area contributed by atoms with Crippen molar-refractivity contribution < 1.29 is 18.7 Å². The molecule has 0 saturated heterocycles. The van der Waals surface area contributed by atoms with Crippen molar-refractivity contribution in [3.05, 3.63) is 23.7 Å². The summed E-state index contributed by atoms with van der Waals surface area (Å²) >= 11 is 0. The first-order valence-corrected chi connectivity index (χ1v) is 5.93. The molecule has 1 rings (SSSR count). The topological polar surface area (TPSA) is 56.5 Å². The van der Waals surface area contributed by atoms with E-state index in [1.165, 1.54) is 19.1 Å². The maximum absolute atomic E-state index is 11.5. The number of ether oxygens (including phenoxy) is 1. The monoisotopic (exact) mass is 238 g/mol. The van der Waals surface area contributed by atoms with Gasteiger partial charge in [0.15, 0.2) is 11.5 Å². The predicted molar refractivity (Wildman–Crippen MR) is 63.1 cm³/mol. The quantitative estimate of drug-likeness (QED) is 0.416. The van der Waals surface area contributed by atoms with Crippen LogP contribution >= 0.6 is 0 Å². The molecule has 4 nitrogen and oxygen atoms in total. The highest BCUT2D eigenvalue weighted by molar-refractivity contribution is 5.93. The third kappa shape index (κ3) is 4.43. The summed E-state index contributed by atoms with van der Waals surface area (Å²) in [6, 6.07) is 2.95. The zero-order valence-electron chi connectivity index (χ0n) is 10.3. The molecule has 17 heavy (non-hydrogen) atoms. The Hall–Kier alpha value is -1.58. The minimum absolute atomic E-state index is 0.0886. The van der Waals surface area contributed by atoms with E-state index in [0.717, 1.165) is 25.7 Å². The molecule has 1 heterocycles. The van der Waals surface area contributed by atoms with E-state index in [1.807, 2.05) is 0 Å². The lowest BCUT2D eigenvalue weighted by atomic mass is 10.2. The van der Waals surface area contributed by atoms with E-state index in [0.29, 0.717) is 6.61 Å². The molecular formula is C13H18O4. The Bertz CT molecular complexity index is 379. The number of unbranched alkanes of at least 4 members (excludes halogenated alkanes) is 3. The van der Waals surface area contributed by atoms with Gasteiger partial charge in [-0.2, -0.15) is 0 Å². The van der Waals surface area contributed by atoms with Crippen molar-refractivity contribution in [2.45, 2.75) is 39.5 Å². The van der Waals surface area contributed by atoms with Crippen molar-refractivity contribution in [1.82, 2.24) is 0 Å². The van der Waals surface area contributed by atoms with Crippen molar-refractivity contribution in [3.8, 4) is 0 Å². The summed E-state index contributed by atoms with van der Waals surface area (Å²) in [5.41, 5.74) is 0. The van der Waals surface area contributed by atoms with E-state index in [4.69, 9.17) is 9.15 Å². The number of carbonyl (C=O) groups is 2. The van der Waals surface area contributed by atoms with Gasteiger partial charge >= 0.3 is 5.97 Å². The molecule has 4 heteroatoms. The Labute approximate surface area is 101 Å². The number of ketones is 1. The minimum atomic E-state index is -0.506. The number of furan rings is 1. The van der Waals surface area contributed by atoms with Gasteiger partial charge in [0.05, 0.1) is 6.61 Å². The number of carbonyl (C=O) groups excluding carboxylic acids is 2. The molecule has 0 atom stereocenters. The number of Topliss-reactive ketones (excluding diaryl/α,β-unsaturated/α-hetero) is 1. The van der Waals surface area contributed by atoms with Crippen LogP contribution in [0.2, 0.25) is 0 Å². The normalized spacial score (nSPS) is 10.2. The van der Waals surface area contributed by atoms with Crippen LogP contribution in [0.25, 0.3) is 0 Å². The maximum atomic E-state index is 11.5. The molecule has 0 bridgehead atoms. The van der Waals surface area contributed by atoms with Gasteiger partial charge in [-0.15, -0.1) is 0 Å². The van der Waals surface area contributed by atoms with Crippen LogP contribution in [0.1, 0.15) is 60.6 Å². The van der Waals surface area contributed by atoms with Crippen LogP contribution < -0.4 is 0 Å². The highest BCUT2D eigenvalue weighted by Crippen LogP contribution is 2.10. The molecule has 0 radical (unpaired) electrons. The van der Waals surface area contributed by atoms with Crippen molar-refractivity contribution in [3.63, 3.8) is 0 Å². The van der Waals surface area contributed by atoms with Crippen LogP contribution in [-0.2, 0) is 4.74 Å². The van der Waals surface area contributed by atoms with Crippen molar-refractivity contribution in [1.29, 1.82) is 0 Å². The van der Waals surface area contributed by atoms with Crippen LogP contribution in [0, 0.1) is 0 Å². The molecule has 0 aromatic carbocycles. The molecule has 0 unspecified atom stereocenters. The molecule has 0 aliphatic heterocycles. The first-order valence-electron chi connectivity index (χ1n) is 5.93. The molecule has 94 valence electrons. The number of esters is 1. The van der Waals surface area contributed by atoms with Gasteiger partial charge < -0.3 is 9.15 Å². The molecule has 0 spiro atoms. The molecule has 0 amide bonds. The zero-order valence-corrected chi connectivity index (χ0v) is 10.3. The molecular weight excluding hydrogens is 220 g/mol. The van der Waals surface area contributed by atoms with Crippen LogP contribution in [0.4, 0.5) is 0 Å². The molecule has 1 aromatic heterocycles. The molecule has 1 aromatic rings. The summed E-state index contributed by atoms with van der Waals surface area (Å²) in [5, 5.41) is 0. The third-order valence-electron chi connectivity index (χ3n) is 2.39. The molecule has 0 saturated carbocycles. The number of hydrogen-bond donors (Lipinski definition) is 0. The Morgan fingerprint density at radius 3 is 2.47 bits per heavy atom. The van der Waals surface area contributed by atoms with E-state index in [2.05, 4.69) is 6.92 Å². The maximum Gasteiger partial charge on any atom is 0.374 e. The highest BCUT2D eigenvalue weighted by Gasteiger charge is 2.14.